The smallest absolute Gasteiger partial charge is 0.147 e. The summed E-state index contributed by atoms with van der Waals surface area (Å²) in [5.41, 5.74) is 8.58. The molecule has 4 rings (SSSR count). The van der Waals surface area contributed by atoms with Crippen molar-refractivity contribution in [1.82, 2.24) is 4.98 Å². The van der Waals surface area contributed by atoms with Crippen LogP contribution in [0.3, 0.4) is 0 Å². The van der Waals surface area contributed by atoms with Gasteiger partial charge in [-0.15, -0.1) is 24.8 Å². The molecule has 0 radical (unpaired) electrons. The number of fused-ring (bicyclic) bond motifs is 5. The van der Waals surface area contributed by atoms with Gasteiger partial charge in [0.1, 0.15) is 0 Å². The molecule has 1 aliphatic carbocycles. The van der Waals surface area contributed by atoms with Gasteiger partial charge in [0.15, 0.2) is 0 Å². The largest absolute Gasteiger partial charge is 0.147 e. The molecule has 2 aromatic carbocycles. The summed E-state index contributed by atoms with van der Waals surface area (Å²) in [5.74, 6) is 0.835. The number of anilines is 1. The summed E-state index contributed by atoms with van der Waals surface area (Å²) < 4.78 is 0. The molecule has 0 fully saturated rings. The Bertz CT molecular complexity index is 1010. The molecule has 1 aliphatic rings. The van der Waals surface area contributed by atoms with Crippen LogP contribution in [0.2, 0.25) is 16.6 Å². The zero-order chi connectivity index (χ0) is 17.6. The molecule has 0 aliphatic heterocycles. The number of aromatic hydroxyl groups is 1. The van der Waals surface area contributed by atoms with Crippen molar-refractivity contribution in [1.29, 1.82) is 0 Å². The number of hydrogen-bond acceptors (Lipinski definition) is 4. The van der Waals surface area contributed by atoms with Gasteiger partial charge in [-0.3, -0.25) is 0 Å². The van der Waals surface area contributed by atoms with Gasteiger partial charge in [0, 0.05) is 0 Å². The molecule has 1 heterocycles. The van der Waals surface area contributed by atoms with Crippen molar-refractivity contribution >= 4 is 62.0 Å². The molecule has 0 bridgehead atoms. The van der Waals surface area contributed by atoms with Gasteiger partial charge >= 0.3 is 151 Å². The van der Waals surface area contributed by atoms with Crippen molar-refractivity contribution in [2.45, 2.75) is 16.6 Å². The summed E-state index contributed by atoms with van der Waals surface area (Å²) in [6.07, 6.45) is 0. The summed E-state index contributed by atoms with van der Waals surface area (Å²) in [6.45, 7) is 0.820. The molecule has 0 amide bonds. The van der Waals surface area contributed by atoms with Crippen molar-refractivity contribution in [3.05, 3.63) is 53.6 Å². The number of nitrogens with zero attached hydrogens (tertiary/aromatic N) is 1. The van der Waals surface area contributed by atoms with Gasteiger partial charge in [0.05, 0.1) is 0 Å². The van der Waals surface area contributed by atoms with Gasteiger partial charge < -0.3 is 0 Å². The van der Waals surface area contributed by atoms with Crippen LogP contribution in [0.25, 0.3) is 22.0 Å². The van der Waals surface area contributed by atoms with E-state index in [9.17, 15) is 9.90 Å². The van der Waals surface area contributed by atoms with E-state index in [1.165, 1.54) is 0 Å². The maximum absolute atomic E-state index is 13.0. The van der Waals surface area contributed by atoms with Crippen LogP contribution in [0, 0.1) is 0 Å². The fourth-order valence-corrected chi connectivity index (χ4v) is 4.49. The molecule has 1 aromatic heterocycles. The molecule has 0 unspecified atom stereocenters. The number of halogens is 2. The standard InChI is InChI=1S/C20H19AsN2O2.2ClH/c1-21(2)9-10-22-20-18-17(13-5-3-4-6-14(13)19(18)25)15-8-7-12(24)11-16(15)23-20;;/h3-8,11,24H,9-10H2,1-2H3,(H,22,23);2*1H. The number of carbonyl (C=O) groups is 1. The monoisotopic (exact) mass is 466 g/mol. The van der Waals surface area contributed by atoms with Gasteiger partial charge in [-0.05, 0) is 0 Å². The number of rotatable bonds is 4. The molecule has 7 heteroatoms. The zero-order valence-corrected chi connectivity index (χ0v) is 18.5. The third-order valence-electron chi connectivity index (χ3n) is 4.49. The quantitative estimate of drug-likeness (QED) is 0.407. The molecule has 0 saturated carbocycles. The predicted octanol–water partition coefficient (Wildman–Crippen LogP) is 5.16. The molecule has 0 spiro atoms. The Hall–Kier alpha value is -1.74. The number of pyridine rings is 1. The second-order valence-electron chi connectivity index (χ2n) is 6.52. The normalized spacial score (nSPS) is 11.6. The molecule has 142 valence electrons. The Morgan fingerprint density at radius 2 is 1.74 bits per heavy atom. The summed E-state index contributed by atoms with van der Waals surface area (Å²) >= 11 is -0.744. The van der Waals surface area contributed by atoms with Gasteiger partial charge in [-0.25, -0.2) is 0 Å². The minimum absolute atomic E-state index is 0. The molecular weight excluding hydrogens is 446 g/mol. The molecular formula is C20H21AsCl2N2O2. The van der Waals surface area contributed by atoms with E-state index < -0.39 is 14.7 Å². The van der Waals surface area contributed by atoms with Crippen LogP contribution in [-0.4, -0.2) is 37.1 Å². The number of phenols is 1. The van der Waals surface area contributed by atoms with E-state index >= 15 is 0 Å². The Labute approximate surface area is 175 Å². The molecule has 27 heavy (non-hydrogen) atoms. The number of carbonyl (C=O) groups excluding carboxylic acids is 1. The van der Waals surface area contributed by atoms with Crippen LogP contribution in [0.5, 0.6) is 5.75 Å². The fourth-order valence-electron chi connectivity index (χ4n) is 3.31. The maximum Gasteiger partial charge on any atom is -0.147 e. The number of nitrogens with one attached hydrogen (secondary N) is 1. The van der Waals surface area contributed by atoms with Gasteiger partial charge in [0.2, 0.25) is 0 Å². The van der Waals surface area contributed by atoms with Crippen molar-refractivity contribution in [2.75, 3.05) is 11.9 Å². The Balaban J connectivity index is 0.00000131. The van der Waals surface area contributed by atoms with Crippen molar-refractivity contribution in [3.8, 4) is 16.9 Å². The second-order valence-corrected chi connectivity index (χ2v) is 12.0. The van der Waals surface area contributed by atoms with Crippen LogP contribution in [-0.2, 0) is 0 Å². The molecule has 4 nitrogen and oxygen atoms in total. The summed E-state index contributed by atoms with van der Waals surface area (Å²) in [6, 6.07) is 12.8. The number of benzene rings is 2. The fraction of sp³-hybridized carbons (Fsp3) is 0.200. The first-order valence-corrected chi connectivity index (χ1v) is 13.3. The SMILES string of the molecule is C[As](C)CCNc1nc2cc(O)ccc2c2c1C(=O)c1ccccc1-2.Cl.Cl. The van der Waals surface area contributed by atoms with Crippen LogP contribution in [0.15, 0.2) is 42.5 Å². The average Bonchev–Trinajstić information content (AvgIpc) is 2.88. The predicted molar refractivity (Wildman–Crippen MR) is 118 cm³/mol. The van der Waals surface area contributed by atoms with Crippen molar-refractivity contribution in [2.24, 2.45) is 0 Å². The number of hydrogen-bond donors (Lipinski definition) is 2. The van der Waals surface area contributed by atoms with E-state index in [0.717, 1.165) is 33.8 Å². The van der Waals surface area contributed by atoms with Gasteiger partial charge in [0.25, 0.3) is 0 Å². The zero-order valence-electron chi connectivity index (χ0n) is 15.0. The Morgan fingerprint density at radius 3 is 2.44 bits per heavy atom. The van der Waals surface area contributed by atoms with E-state index in [4.69, 9.17) is 0 Å². The van der Waals surface area contributed by atoms with E-state index in [0.29, 0.717) is 16.9 Å². The van der Waals surface area contributed by atoms with Crippen LogP contribution < -0.4 is 5.32 Å². The average molecular weight is 467 g/mol. The number of phenolic OH excluding ortho intramolecular Hbond substituents is 1. The van der Waals surface area contributed by atoms with Crippen molar-refractivity contribution in [3.63, 3.8) is 0 Å². The molecule has 3 aromatic rings. The third kappa shape index (κ3) is 3.80. The summed E-state index contributed by atoms with van der Waals surface area (Å²) in [7, 11) is 0. The maximum atomic E-state index is 13.0. The molecule has 2 N–H and O–H groups in total. The first-order chi connectivity index (χ1) is 12.1. The first-order valence-electron chi connectivity index (χ1n) is 8.25. The summed E-state index contributed by atoms with van der Waals surface area (Å²) in [5, 5.41) is 15.3. The molecule has 0 saturated heterocycles. The Morgan fingerprint density at radius 1 is 1.04 bits per heavy atom. The third-order valence-corrected chi connectivity index (χ3v) is 6.83. The minimum Gasteiger partial charge on any atom is -0.147 e. The Kier molecular flexibility index (Phi) is 6.80. The van der Waals surface area contributed by atoms with Crippen LogP contribution >= 0.6 is 24.8 Å². The molecule has 0 atom stereocenters. The van der Waals surface area contributed by atoms with Crippen molar-refractivity contribution < 1.29 is 9.90 Å². The van der Waals surface area contributed by atoms with E-state index in [1.807, 2.05) is 30.3 Å². The number of aromatic nitrogens is 1. The topological polar surface area (TPSA) is 62.2 Å². The van der Waals surface area contributed by atoms with Crippen LogP contribution in [0.4, 0.5) is 5.82 Å². The minimum atomic E-state index is -0.744. The second kappa shape index (κ2) is 8.51. The first kappa shape index (κ1) is 21.6. The van der Waals surface area contributed by atoms with Crippen LogP contribution in [0.1, 0.15) is 15.9 Å². The van der Waals surface area contributed by atoms with E-state index in [-0.39, 0.29) is 36.3 Å². The summed E-state index contributed by atoms with van der Waals surface area (Å²) in [4.78, 5) is 17.7. The van der Waals surface area contributed by atoms with E-state index in [1.54, 1.807) is 12.1 Å². The van der Waals surface area contributed by atoms with Gasteiger partial charge in [-0.2, -0.15) is 0 Å². The number of ketones is 1. The van der Waals surface area contributed by atoms with E-state index in [2.05, 4.69) is 21.7 Å². The van der Waals surface area contributed by atoms with Gasteiger partial charge in [-0.1, -0.05) is 0 Å².